The zero-order chi connectivity index (χ0) is 13.2. The average Bonchev–Trinajstić information content (AvgIpc) is 2.41. The van der Waals surface area contributed by atoms with Crippen LogP contribution in [0.3, 0.4) is 0 Å². The normalized spacial score (nSPS) is 17.7. The highest BCUT2D eigenvalue weighted by Crippen LogP contribution is 2.29. The van der Waals surface area contributed by atoms with Crippen LogP contribution in [-0.4, -0.2) is 11.9 Å². The highest BCUT2D eigenvalue weighted by Gasteiger charge is 2.26. The van der Waals surface area contributed by atoms with E-state index in [1.165, 1.54) is 18.2 Å². The van der Waals surface area contributed by atoms with Gasteiger partial charge < -0.3 is 4.74 Å². The number of carbonyl (C=O) groups is 1. The van der Waals surface area contributed by atoms with E-state index in [2.05, 4.69) is 0 Å². The van der Waals surface area contributed by atoms with Crippen LogP contribution in [0.15, 0.2) is 48.5 Å². The Bertz CT molecular complexity index is 607. The molecule has 1 aliphatic heterocycles. The van der Waals surface area contributed by atoms with Gasteiger partial charge in [-0.1, -0.05) is 30.3 Å². The van der Waals surface area contributed by atoms with Gasteiger partial charge >= 0.3 is 0 Å². The van der Waals surface area contributed by atoms with Crippen molar-refractivity contribution in [2.75, 3.05) is 0 Å². The van der Waals surface area contributed by atoms with Gasteiger partial charge in [-0.05, 0) is 23.8 Å². The second-order valence-corrected chi connectivity index (χ2v) is 4.70. The van der Waals surface area contributed by atoms with Crippen molar-refractivity contribution in [2.24, 2.45) is 0 Å². The van der Waals surface area contributed by atoms with Crippen molar-refractivity contribution in [3.8, 4) is 5.75 Å². The Morgan fingerprint density at radius 1 is 1.16 bits per heavy atom. The minimum absolute atomic E-state index is 0.0540. The first kappa shape index (κ1) is 11.9. The van der Waals surface area contributed by atoms with Gasteiger partial charge in [0, 0.05) is 12.8 Å². The molecule has 0 aliphatic carbocycles. The molecule has 3 rings (SSSR count). The average molecular weight is 256 g/mol. The van der Waals surface area contributed by atoms with Gasteiger partial charge in [-0.2, -0.15) is 0 Å². The van der Waals surface area contributed by atoms with E-state index in [0.717, 1.165) is 5.56 Å². The summed E-state index contributed by atoms with van der Waals surface area (Å²) in [6, 6.07) is 14.0. The van der Waals surface area contributed by atoms with E-state index in [1.54, 1.807) is 0 Å². The maximum Gasteiger partial charge on any atom is 0.170 e. The summed E-state index contributed by atoms with van der Waals surface area (Å²) < 4.78 is 18.9. The van der Waals surface area contributed by atoms with E-state index in [0.29, 0.717) is 24.2 Å². The Morgan fingerprint density at radius 3 is 2.74 bits per heavy atom. The molecular formula is C16H13FO2. The van der Waals surface area contributed by atoms with E-state index in [1.807, 2.05) is 30.3 Å². The lowest BCUT2D eigenvalue weighted by Crippen LogP contribution is -2.28. The Balaban J connectivity index is 1.82. The number of benzene rings is 2. The Kier molecular flexibility index (Phi) is 3.03. The van der Waals surface area contributed by atoms with E-state index >= 15 is 0 Å². The van der Waals surface area contributed by atoms with E-state index in [-0.39, 0.29) is 11.9 Å². The Labute approximate surface area is 110 Å². The maximum atomic E-state index is 13.1. The SMILES string of the molecule is O=C1CC(Cc2ccccc2)Oc2ccc(F)cc21. The lowest BCUT2D eigenvalue weighted by molar-refractivity contribution is 0.0850. The molecule has 1 heterocycles. The van der Waals surface area contributed by atoms with Gasteiger partial charge in [0.2, 0.25) is 0 Å². The lowest BCUT2D eigenvalue weighted by atomic mass is 9.96. The first-order valence-electron chi connectivity index (χ1n) is 6.26. The van der Waals surface area contributed by atoms with Gasteiger partial charge in [0.05, 0.1) is 5.56 Å². The predicted octanol–water partition coefficient (Wildman–Crippen LogP) is 3.40. The smallest absolute Gasteiger partial charge is 0.170 e. The van der Waals surface area contributed by atoms with Crippen molar-refractivity contribution < 1.29 is 13.9 Å². The van der Waals surface area contributed by atoms with Crippen LogP contribution in [0.5, 0.6) is 5.75 Å². The highest BCUT2D eigenvalue weighted by atomic mass is 19.1. The molecule has 19 heavy (non-hydrogen) atoms. The molecule has 0 spiro atoms. The molecule has 0 saturated carbocycles. The molecule has 0 radical (unpaired) electrons. The number of ketones is 1. The molecule has 1 unspecified atom stereocenters. The number of rotatable bonds is 2. The van der Waals surface area contributed by atoms with E-state index < -0.39 is 5.82 Å². The summed E-state index contributed by atoms with van der Waals surface area (Å²) in [7, 11) is 0. The van der Waals surface area contributed by atoms with Crippen LogP contribution in [0.2, 0.25) is 0 Å². The molecule has 0 saturated heterocycles. The molecule has 0 N–H and O–H groups in total. The summed E-state index contributed by atoms with van der Waals surface area (Å²) in [4.78, 5) is 12.0. The third-order valence-electron chi connectivity index (χ3n) is 3.25. The van der Waals surface area contributed by atoms with Gasteiger partial charge in [-0.15, -0.1) is 0 Å². The third kappa shape index (κ3) is 2.50. The molecule has 96 valence electrons. The van der Waals surface area contributed by atoms with E-state index in [4.69, 9.17) is 4.74 Å². The number of carbonyl (C=O) groups excluding carboxylic acids is 1. The quantitative estimate of drug-likeness (QED) is 0.823. The summed E-state index contributed by atoms with van der Waals surface area (Å²) >= 11 is 0. The van der Waals surface area contributed by atoms with Crippen molar-refractivity contribution in [1.82, 2.24) is 0 Å². The first-order valence-corrected chi connectivity index (χ1v) is 6.26. The number of hydrogen-bond donors (Lipinski definition) is 0. The minimum Gasteiger partial charge on any atom is -0.489 e. The molecule has 0 bridgehead atoms. The minimum atomic E-state index is -0.405. The van der Waals surface area contributed by atoms with Gasteiger partial charge in [0.1, 0.15) is 17.7 Å². The summed E-state index contributed by atoms with van der Waals surface area (Å²) in [6.45, 7) is 0. The third-order valence-corrected chi connectivity index (χ3v) is 3.25. The Morgan fingerprint density at radius 2 is 1.95 bits per heavy atom. The number of ether oxygens (including phenoxy) is 1. The van der Waals surface area contributed by atoms with Crippen LogP contribution in [0.4, 0.5) is 4.39 Å². The van der Waals surface area contributed by atoms with Crippen LogP contribution in [0, 0.1) is 5.82 Å². The van der Waals surface area contributed by atoms with Crippen LogP contribution >= 0.6 is 0 Å². The molecule has 2 nitrogen and oxygen atoms in total. The van der Waals surface area contributed by atoms with Gasteiger partial charge in [0.25, 0.3) is 0 Å². The van der Waals surface area contributed by atoms with Crippen molar-refractivity contribution >= 4 is 5.78 Å². The van der Waals surface area contributed by atoms with Crippen LogP contribution < -0.4 is 4.74 Å². The summed E-state index contributed by atoms with van der Waals surface area (Å²) in [5.74, 6) is 0.0254. The molecule has 0 fully saturated rings. The number of Topliss-reactive ketones (excluding diaryl/α,β-unsaturated/α-hetero) is 1. The summed E-state index contributed by atoms with van der Waals surface area (Å²) in [5.41, 5.74) is 1.48. The topological polar surface area (TPSA) is 26.3 Å². The second kappa shape index (κ2) is 4.84. The van der Waals surface area contributed by atoms with Gasteiger partial charge in [-0.3, -0.25) is 4.79 Å². The molecule has 1 atom stereocenters. The number of hydrogen-bond acceptors (Lipinski definition) is 2. The monoisotopic (exact) mass is 256 g/mol. The first-order chi connectivity index (χ1) is 9.22. The molecule has 2 aromatic rings. The molecule has 1 aliphatic rings. The zero-order valence-corrected chi connectivity index (χ0v) is 10.3. The molecule has 2 aromatic carbocycles. The standard InChI is InChI=1S/C16H13FO2/c17-12-6-7-16-14(9-12)15(18)10-13(19-16)8-11-4-2-1-3-5-11/h1-7,9,13H,8,10H2. The van der Waals surface area contributed by atoms with Crippen LogP contribution in [0.1, 0.15) is 22.3 Å². The number of fused-ring (bicyclic) bond motifs is 1. The largest absolute Gasteiger partial charge is 0.489 e. The van der Waals surface area contributed by atoms with Gasteiger partial charge in [0.15, 0.2) is 5.78 Å². The van der Waals surface area contributed by atoms with Crippen molar-refractivity contribution in [1.29, 1.82) is 0 Å². The van der Waals surface area contributed by atoms with Crippen LogP contribution in [-0.2, 0) is 6.42 Å². The van der Waals surface area contributed by atoms with E-state index in [9.17, 15) is 9.18 Å². The Hall–Kier alpha value is -2.16. The summed E-state index contributed by atoms with van der Waals surface area (Å²) in [6.07, 6.45) is 0.808. The lowest BCUT2D eigenvalue weighted by Gasteiger charge is -2.25. The zero-order valence-electron chi connectivity index (χ0n) is 10.3. The maximum absolute atomic E-state index is 13.1. The molecular weight excluding hydrogens is 243 g/mol. The highest BCUT2D eigenvalue weighted by molar-refractivity contribution is 5.99. The van der Waals surface area contributed by atoms with Crippen molar-refractivity contribution in [2.45, 2.75) is 18.9 Å². The molecule has 3 heteroatoms. The summed E-state index contributed by atoms with van der Waals surface area (Å²) in [5, 5.41) is 0. The fraction of sp³-hybridized carbons (Fsp3) is 0.188. The predicted molar refractivity (Wildman–Crippen MR) is 69.9 cm³/mol. The van der Waals surface area contributed by atoms with Crippen LogP contribution in [0.25, 0.3) is 0 Å². The molecule has 0 amide bonds. The second-order valence-electron chi connectivity index (χ2n) is 4.70. The fourth-order valence-electron chi connectivity index (χ4n) is 2.35. The van der Waals surface area contributed by atoms with Crippen molar-refractivity contribution in [3.63, 3.8) is 0 Å². The van der Waals surface area contributed by atoms with Crippen molar-refractivity contribution in [3.05, 3.63) is 65.5 Å². The number of halogens is 1. The molecule has 0 aromatic heterocycles. The van der Waals surface area contributed by atoms with Gasteiger partial charge in [-0.25, -0.2) is 4.39 Å². The fourth-order valence-corrected chi connectivity index (χ4v) is 2.35.